The van der Waals surface area contributed by atoms with E-state index in [4.69, 9.17) is 28.3 Å². The van der Waals surface area contributed by atoms with Crippen LogP contribution in [0.15, 0.2) is 41.4 Å². The van der Waals surface area contributed by atoms with Crippen molar-refractivity contribution in [2.75, 3.05) is 6.54 Å². The number of hydrogen-bond donors (Lipinski definition) is 2. The van der Waals surface area contributed by atoms with Crippen molar-refractivity contribution in [1.82, 2.24) is 0 Å². The number of carbonyl (C=O) groups is 1. The van der Waals surface area contributed by atoms with E-state index in [2.05, 4.69) is 4.99 Å². The number of benzene rings is 2. The van der Waals surface area contributed by atoms with Gasteiger partial charge in [0, 0.05) is 34.1 Å². The second-order valence-corrected chi connectivity index (χ2v) is 6.89. The van der Waals surface area contributed by atoms with E-state index >= 15 is 0 Å². The summed E-state index contributed by atoms with van der Waals surface area (Å²) in [5, 5.41) is 20.5. The van der Waals surface area contributed by atoms with Crippen LogP contribution in [0.25, 0.3) is 0 Å². The van der Waals surface area contributed by atoms with E-state index in [9.17, 15) is 9.90 Å². The smallest absolute Gasteiger partial charge is 0.303 e. The fourth-order valence-electron chi connectivity index (χ4n) is 2.47. The standard InChI is InChI=1S/C19H19Cl2NO3/c1-11(7-17(23)24)10-22-18(13-3-5-14(20)6-4-13)16-9-15(21)8-12(2)19(16)25/h3-6,8-9,11,25H,7,10H2,1-2H3,(H,23,24). The molecule has 25 heavy (non-hydrogen) atoms. The molecule has 0 aliphatic rings. The summed E-state index contributed by atoms with van der Waals surface area (Å²) in [5.41, 5.74) is 2.47. The third-order valence-corrected chi connectivity index (χ3v) is 4.19. The average Bonchev–Trinajstić information content (AvgIpc) is 2.52. The molecule has 1 unspecified atom stereocenters. The number of aryl methyl sites for hydroxylation is 1. The molecule has 1 atom stereocenters. The molecule has 2 aromatic carbocycles. The predicted octanol–water partition coefficient (Wildman–Crippen LogP) is 4.96. The van der Waals surface area contributed by atoms with Gasteiger partial charge in [0.05, 0.1) is 5.71 Å². The molecule has 0 heterocycles. The number of aliphatic imine (C=N–C) groups is 1. The topological polar surface area (TPSA) is 69.9 Å². The summed E-state index contributed by atoms with van der Waals surface area (Å²) in [5.74, 6) is -0.900. The Kier molecular flexibility index (Phi) is 6.45. The third-order valence-electron chi connectivity index (χ3n) is 3.72. The molecule has 0 aliphatic heterocycles. The van der Waals surface area contributed by atoms with Gasteiger partial charge in [-0.1, -0.05) is 42.3 Å². The van der Waals surface area contributed by atoms with Crippen LogP contribution in [-0.4, -0.2) is 28.4 Å². The van der Waals surface area contributed by atoms with Crippen molar-refractivity contribution in [2.24, 2.45) is 10.9 Å². The monoisotopic (exact) mass is 379 g/mol. The van der Waals surface area contributed by atoms with E-state index < -0.39 is 5.97 Å². The Balaban J connectivity index is 2.49. The summed E-state index contributed by atoms with van der Waals surface area (Å²) in [6.07, 6.45) is 0.0257. The van der Waals surface area contributed by atoms with Crippen LogP contribution in [0.5, 0.6) is 5.75 Å². The molecule has 2 aromatic rings. The number of rotatable bonds is 6. The minimum absolute atomic E-state index is 0.0257. The van der Waals surface area contributed by atoms with Crippen LogP contribution in [-0.2, 0) is 4.79 Å². The Labute approximate surface area is 156 Å². The number of carboxylic acids is 1. The molecule has 0 radical (unpaired) electrons. The van der Waals surface area contributed by atoms with Crippen LogP contribution < -0.4 is 0 Å². The second-order valence-electron chi connectivity index (χ2n) is 6.02. The van der Waals surface area contributed by atoms with Crippen LogP contribution in [0.3, 0.4) is 0 Å². The SMILES string of the molecule is Cc1cc(Cl)cc(C(=NCC(C)CC(=O)O)c2ccc(Cl)cc2)c1O. The first-order valence-electron chi connectivity index (χ1n) is 7.79. The summed E-state index contributed by atoms with van der Waals surface area (Å²) in [4.78, 5) is 15.4. The van der Waals surface area contributed by atoms with E-state index in [-0.39, 0.29) is 18.1 Å². The Morgan fingerprint density at radius 1 is 1.16 bits per heavy atom. The largest absolute Gasteiger partial charge is 0.507 e. The van der Waals surface area contributed by atoms with Crippen molar-refractivity contribution < 1.29 is 15.0 Å². The number of halogens is 2. The maximum atomic E-state index is 10.9. The number of carboxylic acid groups (broad SMARTS) is 1. The molecular formula is C19H19Cl2NO3. The Morgan fingerprint density at radius 2 is 1.80 bits per heavy atom. The number of nitrogens with zero attached hydrogens (tertiary/aromatic N) is 1. The first-order valence-corrected chi connectivity index (χ1v) is 8.55. The highest BCUT2D eigenvalue weighted by molar-refractivity contribution is 6.32. The van der Waals surface area contributed by atoms with Crippen LogP contribution in [0.2, 0.25) is 10.0 Å². The van der Waals surface area contributed by atoms with Crippen LogP contribution in [0, 0.1) is 12.8 Å². The molecule has 0 spiro atoms. The van der Waals surface area contributed by atoms with Crippen molar-refractivity contribution in [3.05, 3.63) is 63.1 Å². The van der Waals surface area contributed by atoms with Gasteiger partial charge in [0.15, 0.2) is 0 Å². The summed E-state index contributed by atoms with van der Waals surface area (Å²) in [6, 6.07) is 10.4. The maximum Gasteiger partial charge on any atom is 0.303 e. The van der Waals surface area contributed by atoms with Crippen molar-refractivity contribution in [1.29, 1.82) is 0 Å². The summed E-state index contributed by atoms with van der Waals surface area (Å²) in [7, 11) is 0. The molecule has 0 fully saturated rings. The fraction of sp³-hybridized carbons (Fsp3) is 0.263. The van der Waals surface area contributed by atoms with Crippen LogP contribution in [0.4, 0.5) is 0 Å². The van der Waals surface area contributed by atoms with E-state index in [0.29, 0.717) is 33.4 Å². The quantitative estimate of drug-likeness (QED) is 0.697. The minimum Gasteiger partial charge on any atom is -0.507 e. The number of aromatic hydroxyl groups is 1. The highest BCUT2D eigenvalue weighted by atomic mass is 35.5. The number of hydrogen-bond acceptors (Lipinski definition) is 3. The normalized spacial score (nSPS) is 12.9. The molecule has 0 saturated heterocycles. The number of phenolic OH excluding ortho intramolecular Hbond substituents is 1. The molecular weight excluding hydrogens is 361 g/mol. The molecule has 0 aromatic heterocycles. The summed E-state index contributed by atoms with van der Waals surface area (Å²) in [6.45, 7) is 3.90. The van der Waals surface area contributed by atoms with Gasteiger partial charge in [0.2, 0.25) is 0 Å². The van der Waals surface area contributed by atoms with E-state index in [0.717, 1.165) is 5.56 Å². The van der Waals surface area contributed by atoms with Crippen LogP contribution >= 0.6 is 23.2 Å². The highest BCUT2D eigenvalue weighted by Gasteiger charge is 2.16. The van der Waals surface area contributed by atoms with Crippen molar-refractivity contribution in [3.8, 4) is 5.75 Å². The van der Waals surface area contributed by atoms with Gasteiger partial charge >= 0.3 is 5.97 Å². The zero-order chi connectivity index (χ0) is 18.6. The van der Waals surface area contributed by atoms with E-state index in [1.165, 1.54) is 0 Å². The van der Waals surface area contributed by atoms with E-state index in [1.54, 1.807) is 43.3 Å². The average molecular weight is 380 g/mol. The van der Waals surface area contributed by atoms with Gasteiger partial charge in [-0.2, -0.15) is 0 Å². The molecule has 2 rings (SSSR count). The van der Waals surface area contributed by atoms with E-state index in [1.807, 2.05) is 6.92 Å². The lowest BCUT2D eigenvalue weighted by atomic mass is 9.98. The van der Waals surface area contributed by atoms with Gasteiger partial charge in [-0.25, -0.2) is 0 Å². The van der Waals surface area contributed by atoms with Crippen molar-refractivity contribution in [3.63, 3.8) is 0 Å². The first kappa shape index (κ1) is 19.3. The Morgan fingerprint density at radius 3 is 2.40 bits per heavy atom. The lowest BCUT2D eigenvalue weighted by molar-refractivity contribution is -0.137. The van der Waals surface area contributed by atoms with Gasteiger partial charge in [-0.3, -0.25) is 9.79 Å². The van der Waals surface area contributed by atoms with Crippen molar-refractivity contribution in [2.45, 2.75) is 20.3 Å². The van der Waals surface area contributed by atoms with Gasteiger partial charge in [-0.05, 0) is 42.7 Å². The lowest BCUT2D eigenvalue weighted by Gasteiger charge is -2.13. The molecule has 6 heteroatoms. The third kappa shape index (κ3) is 5.21. The van der Waals surface area contributed by atoms with Crippen LogP contribution in [0.1, 0.15) is 30.0 Å². The maximum absolute atomic E-state index is 10.9. The zero-order valence-corrected chi connectivity index (χ0v) is 15.5. The first-order chi connectivity index (χ1) is 11.8. The molecule has 4 nitrogen and oxygen atoms in total. The highest BCUT2D eigenvalue weighted by Crippen LogP contribution is 2.29. The number of aliphatic carboxylic acids is 1. The van der Waals surface area contributed by atoms with Gasteiger partial charge in [-0.15, -0.1) is 0 Å². The number of phenols is 1. The summed E-state index contributed by atoms with van der Waals surface area (Å²) < 4.78 is 0. The molecule has 0 aliphatic carbocycles. The molecule has 0 amide bonds. The fourth-order valence-corrected chi connectivity index (χ4v) is 2.86. The van der Waals surface area contributed by atoms with Gasteiger partial charge in [0.1, 0.15) is 5.75 Å². The Hall–Kier alpha value is -2.04. The van der Waals surface area contributed by atoms with Crippen molar-refractivity contribution >= 4 is 34.9 Å². The lowest BCUT2D eigenvalue weighted by Crippen LogP contribution is -2.11. The van der Waals surface area contributed by atoms with Gasteiger partial charge < -0.3 is 10.2 Å². The predicted molar refractivity (Wildman–Crippen MR) is 101 cm³/mol. The zero-order valence-electron chi connectivity index (χ0n) is 14.0. The Bertz CT molecular complexity index is 801. The summed E-state index contributed by atoms with van der Waals surface area (Å²) >= 11 is 12.1. The molecule has 2 N–H and O–H groups in total. The molecule has 0 saturated carbocycles. The van der Waals surface area contributed by atoms with Gasteiger partial charge in [0.25, 0.3) is 0 Å². The molecule has 0 bridgehead atoms. The minimum atomic E-state index is -0.864. The second kappa shape index (κ2) is 8.37. The molecule has 132 valence electrons.